The van der Waals surface area contributed by atoms with Crippen molar-refractivity contribution >= 4 is 23.2 Å². The zero-order chi connectivity index (χ0) is 22.1. The first-order chi connectivity index (χ1) is 14.1. The van der Waals surface area contributed by atoms with Gasteiger partial charge in [0.25, 0.3) is 0 Å². The smallest absolute Gasteiger partial charge is 0.243 e. The maximum absolute atomic E-state index is 12.9. The normalized spacial score (nSPS) is 20.3. The van der Waals surface area contributed by atoms with Gasteiger partial charge in [0.15, 0.2) is 0 Å². The number of thiazole rings is 1. The van der Waals surface area contributed by atoms with E-state index in [-0.39, 0.29) is 23.1 Å². The van der Waals surface area contributed by atoms with Crippen molar-refractivity contribution in [2.24, 2.45) is 17.1 Å². The van der Waals surface area contributed by atoms with E-state index in [1.54, 1.807) is 16.2 Å². The lowest BCUT2D eigenvalue weighted by Crippen LogP contribution is -2.54. The number of nitrogens with two attached hydrogens (primary N) is 1. The molecule has 1 aliphatic rings. The van der Waals surface area contributed by atoms with E-state index in [1.165, 1.54) is 0 Å². The van der Waals surface area contributed by atoms with Gasteiger partial charge in [-0.2, -0.15) is 0 Å². The van der Waals surface area contributed by atoms with Crippen LogP contribution in [0.15, 0.2) is 29.8 Å². The highest BCUT2D eigenvalue weighted by Crippen LogP contribution is 2.28. The molecule has 0 bridgehead atoms. The van der Waals surface area contributed by atoms with Crippen molar-refractivity contribution in [3.05, 3.63) is 41.0 Å². The standard InChI is InChI=1S/C23H32N4O2S/c1-14-10-18(27(12-14)22(29)20(24)23(3,4)5)21(28)25-11-16-6-8-17(9-7-16)19-15(2)26-13-30-19/h6-9,13-14,18,20H,10-12,24H2,1-5H3,(H,25,28)/t14-,18+,20+/m1/s1. The highest BCUT2D eigenvalue weighted by molar-refractivity contribution is 7.13. The van der Waals surface area contributed by atoms with Crippen molar-refractivity contribution in [2.75, 3.05) is 6.54 Å². The fourth-order valence-corrected chi connectivity index (χ4v) is 4.56. The molecule has 0 saturated carbocycles. The number of carbonyl (C=O) groups is 2. The molecule has 0 spiro atoms. The second-order valence-corrected chi connectivity index (χ2v) is 10.2. The van der Waals surface area contributed by atoms with Crippen LogP contribution in [0.5, 0.6) is 0 Å². The molecule has 7 heteroatoms. The third-order valence-electron chi connectivity index (χ3n) is 5.72. The average molecular weight is 429 g/mol. The van der Waals surface area contributed by atoms with E-state index in [0.29, 0.717) is 19.5 Å². The van der Waals surface area contributed by atoms with Crippen LogP contribution in [0.1, 0.15) is 45.4 Å². The van der Waals surface area contributed by atoms with E-state index in [0.717, 1.165) is 21.7 Å². The molecule has 0 unspecified atom stereocenters. The molecule has 2 aromatic rings. The number of hydrogen-bond donors (Lipinski definition) is 2. The van der Waals surface area contributed by atoms with E-state index < -0.39 is 12.1 Å². The van der Waals surface area contributed by atoms with Crippen LogP contribution in [0.25, 0.3) is 10.4 Å². The van der Waals surface area contributed by atoms with E-state index in [9.17, 15) is 9.59 Å². The van der Waals surface area contributed by atoms with Gasteiger partial charge in [-0.1, -0.05) is 52.0 Å². The minimum atomic E-state index is -0.624. The first-order valence-corrected chi connectivity index (χ1v) is 11.3. The third kappa shape index (κ3) is 4.90. The van der Waals surface area contributed by atoms with Crippen molar-refractivity contribution < 1.29 is 9.59 Å². The highest BCUT2D eigenvalue weighted by atomic mass is 32.1. The molecule has 30 heavy (non-hydrogen) atoms. The Labute approximate surface area is 182 Å². The summed E-state index contributed by atoms with van der Waals surface area (Å²) >= 11 is 1.62. The van der Waals surface area contributed by atoms with Gasteiger partial charge in [0.1, 0.15) is 6.04 Å². The SMILES string of the molecule is Cc1ncsc1-c1ccc(CNC(=O)[C@@H]2C[C@@H](C)CN2C(=O)[C@H](N)C(C)(C)C)cc1. The molecule has 1 fully saturated rings. The largest absolute Gasteiger partial charge is 0.350 e. The Morgan fingerprint density at radius 2 is 1.97 bits per heavy atom. The minimum absolute atomic E-state index is 0.115. The van der Waals surface area contributed by atoms with Gasteiger partial charge in [-0.25, -0.2) is 4.98 Å². The van der Waals surface area contributed by atoms with Crippen molar-refractivity contribution in [1.29, 1.82) is 0 Å². The molecule has 162 valence electrons. The van der Waals surface area contributed by atoms with Gasteiger partial charge in [-0.05, 0) is 35.8 Å². The number of amides is 2. The van der Waals surface area contributed by atoms with Crippen LogP contribution in [-0.4, -0.2) is 40.3 Å². The van der Waals surface area contributed by atoms with Crippen LogP contribution in [0.4, 0.5) is 0 Å². The van der Waals surface area contributed by atoms with Crippen molar-refractivity contribution in [3.63, 3.8) is 0 Å². The lowest BCUT2D eigenvalue weighted by Gasteiger charge is -2.32. The number of nitrogens with zero attached hydrogens (tertiary/aromatic N) is 2. The molecule has 3 rings (SSSR count). The number of carbonyl (C=O) groups excluding carboxylic acids is 2. The maximum Gasteiger partial charge on any atom is 0.243 e. The summed E-state index contributed by atoms with van der Waals surface area (Å²) in [5, 5.41) is 3.01. The minimum Gasteiger partial charge on any atom is -0.350 e. The fraction of sp³-hybridized carbons (Fsp3) is 0.522. The van der Waals surface area contributed by atoms with Gasteiger partial charge in [0.05, 0.1) is 22.1 Å². The van der Waals surface area contributed by atoms with Crippen LogP contribution >= 0.6 is 11.3 Å². The molecular formula is C23H32N4O2S. The molecule has 0 radical (unpaired) electrons. The molecule has 2 heterocycles. The summed E-state index contributed by atoms with van der Waals surface area (Å²) in [4.78, 5) is 32.9. The molecule has 1 saturated heterocycles. The predicted molar refractivity (Wildman–Crippen MR) is 121 cm³/mol. The van der Waals surface area contributed by atoms with Gasteiger partial charge in [0.2, 0.25) is 11.8 Å². The Bertz CT molecular complexity index is 901. The second kappa shape index (κ2) is 8.86. The van der Waals surface area contributed by atoms with Gasteiger partial charge in [-0.15, -0.1) is 11.3 Å². The van der Waals surface area contributed by atoms with Gasteiger partial charge in [-0.3, -0.25) is 9.59 Å². The molecular weight excluding hydrogens is 396 g/mol. The lowest BCUT2D eigenvalue weighted by molar-refractivity contribution is -0.141. The van der Waals surface area contributed by atoms with Crippen LogP contribution in [-0.2, 0) is 16.1 Å². The second-order valence-electron chi connectivity index (χ2n) is 9.37. The van der Waals surface area contributed by atoms with Crippen LogP contribution in [0.2, 0.25) is 0 Å². The number of rotatable bonds is 5. The molecule has 2 amide bonds. The quantitative estimate of drug-likeness (QED) is 0.764. The number of likely N-dealkylation sites (tertiary alicyclic amines) is 1. The van der Waals surface area contributed by atoms with Gasteiger partial charge < -0.3 is 16.0 Å². The first-order valence-electron chi connectivity index (χ1n) is 10.4. The number of benzene rings is 1. The molecule has 1 aromatic carbocycles. The number of nitrogens with one attached hydrogen (secondary N) is 1. The van der Waals surface area contributed by atoms with E-state index in [2.05, 4.69) is 29.4 Å². The Hall–Kier alpha value is -2.25. The maximum atomic E-state index is 12.9. The third-order valence-corrected chi connectivity index (χ3v) is 6.70. The zero-order valence-electron chi connectivity index (χ0n) is 18.4. The summed E-state index contributed by atoms with van der Waals surface area (Å²) < 4.78 is 0. The Balaban J connectivity index is 1.63. The number of aromatic nitrogens is 1. The van der Waals surface area contributed by atoms with Crippen LogP contribution < -0.4 is 11.1 Å². The number of aryl methyl sites for hydroxylation is 1. The summed E-state index contributed by atoms with van der Waals surface area (Å²) in [5.41, 5.74) is 10.9. The lowest BCUT2D eigenvalue weighted by atomic mass is 9.86. The van der Waals surface area contributed by atoms with Gasteiger partial charge in [0, 0.05) is 13.1 Å². The predicted octanol–water partition coefficient (Wildman–Crippen LogP) is 3.35. The number of hydrogen-bond acceptors (Lipinski definition) is 5. The van der Waals surface area contributed by atoms with E-state index in [1.807, 2.05) is 45.3 Å². The highest BCUT2D eigenvalue weighted by Gasteiger charge is 2.41. The molecule has 3 atom stereocenters. The van der Waals surface area contributed by atoms with Crippen molar-refractivity contribution in [3.8, 4) is 10.4 Å². The molecule has 3 N–H and O–H groups in total. The van der Waals surface area contributed by atoms with Gasteiger partial charge >= 0.3 is 0 Å². The van der Waals surface area contributed by atoms with Crippen LogP contribution in [0, 0.1) is 18.3 Å². The summed E-state index contributed by atoms with van der Waals surface area (Å²) in [6.07, 6.45) is 0.665. The monoisotopic (exact) mass is 428 g/mol. The molecule has 1 aromatic heterocycles. The molecule has 6 nitrogen and oxygen atoms in total. The first kappa shape index (κ1) is 22.4. The van der Waals surface area contributed by atoms with Crippen LogP contribution in [0.3, 0.4) is 0 Å². The summed E-state index contributed by atoms with van der Waals surface area (Å²) in [7, 11) is 0. The van der Waals surface area contributed by atoms with E-state index >= 15 is 0 Å². The molecule has 1 aliphatic heterocycles. The fourth-order valence-electron chi connectivity index (χ4n) is 3.75. The van der Waals surface area contributed by atoms with Crippen molar-refractivity contribution in [2.45, 2.75) is 59.7 Å². The van der Waals surface area contributed by atoms with Crippen molar-refractivity contribution in [1.82, 2.24) is 15.2 Å². The molecule has 0 aliphatic carbocycles. The Morgan fingerprint density at radius 3 is 2.53 bits per heavy atom. The Morgan fingerprint density at radius 1 is 1.30 bits per heavy atom. The summed E-state index contributed by atoms with van der Waals surface area (Å²) in [6, 6.07) is 7.06. The Kier molecular flexibility index (Phi) is 6.62. The topological polar surface area (TPSA) is 88.3 Å². The summed E-state index contributed by atoms with van der Waals surface area (Å²) in [6.45, 7) is 10.9. The average Bonchev–Trinajstić information content (AvgIpc) is 3.30. The van der Waals surface area contributed by atoms with E-state index in [4.69, 9.17) is 5.73 Å². The summed E-state index contributed by atoms with van der Waals surface area (Å²) in [5.74, 6) is 0.0197. The zero-order valence-corrected chi connectivity index (χ0v) is 19.3.